The van der Waals surface area contributed by atoms with Crippen LogP contribution in [-0.4, -0.2) is 215 Å². The number of aliphatic carboxylic acids is 1. The molecule has 0 aromatic carbocycles. The number of carboxylic acids is 1. The first-order valence-corrected chi connectivity index (χ1v) is 27.1. The van der Waals surface area contributed by atoms with Crippen LogP contribution in [0.15, 0.2) is 0 Å². The lowest BCUT2D eigenvalue weighted by molar-refractivity contribution is -0.145. The van der Waals surface area contributed by atoms with Crippen LogP contribution in [0.4, 0.5) is 0 Å². The van der Waals surface area contributed by atoms with E-state index in [-0.39, 0.29) is 25.8 Å². The van der Waals surface area contributed by atoms with Crippen molar-refractivity contribution in [2.75, 3.05) is 13.2 Å². The second kappa shape index (κ2) is 34.2. The van der Waals surface area contributed by atoms with Gasteiger partial charge in [0.25, 0.3) is 0 Å². The van der Waals surface area contributed by atoms with Gasteiger partial charge in [-0.2, -0.15) is 14.7 Å². The molecule has 13 amide bonds. The molecule has 464 valence electrons. The third kappa shape index (κ3) is 24.8. The summed E-state index contributed by atoms with van der Waals surface area (Å²) in [6.07, 6.45) is -9.35. The SMILES string of the molecule is CC[C@H](C)[C@H](NC(=O)[C@@H](N)CC(N)=O)C(=O)N[C@H](C(=O)N[C@@H](CCC(N)=O)C(=O)N1CCC[C@H]1C(=O)N[C@H](C(=O)N[C@@H](CCC(N)=O)C(=O)N[C@@H](CCC(N)=O)C(=O)N[C@@H](CO)C(=O)N[C@H](C(=O)O)[C@@H](C)O)[C@@H](C)O)[C@@H](C)O[P+](O)(O)O. The Morgan fingerprint density at radius 1 is 0.561 bits per heavy atom. The first kappa shape index (κ1) is 72.7. The summed E-state index contributed by atoms with van der Waals surface area (Å²) in [7, 11) is -5.19. The molecule has 36 nitrogen and oxygen atoms in total. The Balaban J connectivity index is 3.58. The minimum Gasteiger partial charge on any atom is -0.480 e. The van der Waals surface area contributed by atoms with Crippen molar-refractivity contribution >= 4 is 90.9 Å². The number of carbonyl (C=O) groups excluding carboxylic acids is 13. The van der Waals surface area contributed by atoms with Gasteiger partial charge >= 0.3 is 14.1 Å². The van der Waals surface area contributed by atoms with Crippen molar-refractivity contribution in [3.8, 4) is 0 Å². The summed E-state index contributed by atoms with van der Waals surface area (Å²) in [5, 5.41) is 57.3. The molecular formula is C45H78N14O22P+. The fraction of sp³-hybridized carbons (Fsp3) is 0.689. The molecule has 82 heavy (non-hydrogen) atoms. The molecule has 0 radical (unpaired) electrons. The zero-order valence-corrected chi connectivity index (χ0v) is 46.5. The molecule has 37 heteroatoms. The zero-order valence-electron chi connectivity index (χ0n) is 45.6. The van der Waals surface area contributed by atoms with Crippen LogP contribution in [0.5, 0.6) is 0 Å². The first-order valence-electron chi connectivity index (χ1n) is 25.5. The van der Waals surface area contributed by atoms with Crippen molar-refractivity contribution in [3.63, 3.8) is 0 Å². The monoisotopic (exact) mass is 1200 g/mol. The number of hydrogen-bond acceptors (Lipinski definition) is 22. The normalized spacial score (nSPS) is 18.0. The molecule has 0 aromatic heterocycles. The van der Waals surface area contributed by atoms with Gasteiger partial charge in [-0.25, -0.2) is 4.79 Å². The summed E-state index contributed by atoms with van der Waals surface area (Å²) in [6.45, 7) is 4.80. The predicted molar refractivity (Wildman–Crippen MR) is 279 cm³/mol. The van der Waals surface area contributed by atoms with Gasteiger partial charge in [0.2, 0.25) is 76.8 Å². The molecule has 1 fully saturated rings. The van der Waals surface area contributed by atoms with Gasteiger partial charge in [-0.15, -0.1) is 4.52 Å². The van der Waals surface area contributed by atoms with Crippen molar-refractivity contribution in [1.29, 1.82) is 0 Å². The predicted octanol–water partition coefficient (Wildman–Crippen LogP) is -10.2. The minimum absolute atomic E-state index is 0.0881. The quantitative estimate of drug-likeness (QED) is 0.0257. The molecule has 1 aliphatic heterocycles. The first-order chi connectivity index (χ1) is 38.0. The molecule has 0 aliphatic carbocycles. The summed E-state index contributed by atoms with van der Waals surface area (Å²) < 4.78 is 4.82. The number of aliphatic hydroxyl groups is 3. The lowest BCUT2D eigenvalue weighted by Gasteiger charge is -2.32. The lowest BCUT2D eigenvalue weighted by atomic mass is 9.97. The summed E-state index contributed by atoms with van der Waals surface area (Å²) in [5.41, 5.74) is 26.8. The number of aliphatic hydroxyl groups excluding tert-OH is 3. The maximum absolute atomic E-state index is 14.4. The van der Waals surface area contributed by atoms with Gasteiger partial charge in [0.05, 0.1) is 31.3 Å². The Morgan fingerprint density at radius 3 is 1.41 bits per heavy atom. The highest BCUT2D eigenvalue weighted by Crippen LogP contribution is 2.47. The Kier molecular flexibility index (Phi) is 30.3. The summed E-state index contributed by atoms with van der Waals surface area (Å²) in [5.74, 6) is -17.1. The van der Waals surface area contributed by atoms with Crippen LogP contribution < -0.4 is 71.2 Å². The molecule has 1 saturated heterocycles. The lowest BCUT2D eigenvalue weighted by Crippen LogP contribution is -2.63. The van der Waals surface area contributed by atoms with Gasteiger partial charge in [0.1, 0.15) is 54.4 Å². The van der Waals surface area contributed by atoms with E-state index in [1.165, 1.54) is 6.92 Å². The molecular weight excluding hydrogens is 1120 g/mol. The number of primary amides is 4. The van der Waals surface area contributed by atoms with E-state index in [2.05, 4.69) is 37.2 Å². The maximum Gasteiger partial charge on any atom is 0.567 e. The van der Waals surface area contributed by atoms with Crippen LogP contribution in [0.1, 0.15) is 98.8 Å². The van der Waals surface area contributed by atoms with Crippen LogP contribution in [0.2, 0.25) is 0 Å². The zero-order chi connectivity index (χ0) is 63.1. The molecule has 1 heterocycles. The molecule has 14 atom stereocenters. The standard InChI is InChI=1S/C45H77N14O22P/c1-6-18(2)32(55-36(67)22(46)16-31(50)66)41(72)58-35(21(5)81-82(78,79)80)43(74)53-25(11-14-30(49)65)44(75)59-15-7-8-27(59)40(71)56-33(19(3)61)42(73)52-24(10-13-29(48)64)37(68)51-23(9-12-28(47)63)38(69)54-26(17-60)39(70)57-34(20(4)62)45(76)77/h18-27,32-35,60-62,78-80H,6-17,46H2,1-5H3,(H16-,47,48,49,50,51,52,53,54,55,56,57,58,63,64,65,66,67,68,69,70,71,72,73,74,76,77)/p+1/t18-,19+,20+,21+,22-,23-,24-,25-,26-,27-,32-,33-,34-,35-/m0/s1. The minimum atomic E-state index is -5.19. The Morgan fingerprint density at radius 2 is 0.976 bits per heavy atom. The summed E-state index contributed by atoms with van der Waals surface area (Å²) in [6, 6.07) is -17.8. The number of likely N-dealkylation sites (tertiary alicyclic amines) is 1. The molecule has 0 unspecified atom stereocenters. The van der Waals surface area contributed by atoms with Crippen molar-refractivity contribution in [2.45, 2.75) is 178 Å². The largest absolute Gasteiger partial charge is 0.567 e. The molecule has 1 rings (SSSR count). The fourth-order valence-electron chi connectivity index (χ4n) is 7.91. The van der Waals surface area contributed by atoms with Crippen molar-refractivity contribution in [1.82, 2.24) is 47.4 Å². The summed E-state index contributed by atoms with van der Waals surface area (Å²) >= 11 is 0. The number of rotatable bonds is 37. The Labute approximate surface area is 469 Å². The highest BCUT2D eigenvalue weighted by molar-refractivity contribution is 7.53. The van der Waals surface area contributed by atoms with E-state index in [0.29, 0.717) is 0 Å². The number of nitrogens with zero attached hydrogens (tertiary/aromatic N) is 1. The number of carbonyl (C=O) groups is 14. The molecule has 0 spiro atoms. The van der Waals surface area contributed by atoms with Crippen LogP contribution in [0.25, 0.3) is 0 Å². The average Bonchev–Trinajstić information content (AvgIpc) is 3.89. The molecule has 1 aliphatic rings. The fourth-order valence-corrected chi connectivity index (χ4v) is 8.48. The smallest absolute Gasteiger partial charge is 0.480 e. The van der Waals surface area contributed by atoms with Crippen molar-refractivity contribution in [3.05, 3.63) is 0 Å². The number of carboxylic acid groups (broad SMARTS) is 1. The third-order valence-corrected chi connectivity index (χ3v) is 13.2. The van der Waals surface area contributed by atoms with E-state index in [4.69, 9.17) is 33.2 Å². The average molecular weight is 1200 g/mol. The highest BCUT2D eigenvalue weighted by Gasteiger charge is 2.45. The molecule has 25 N–H and O–H groups in total. The van der Waals surface area contributed by atoms with E-state index in [1.54, 1.807) is 6.92 Å². The number of nitrogens with two attached hydrogens (primary N) is 5. The van der Waals surface area contributed by atoms with E-state index in [1.807, 2.05) is 5.32 Å². The van der Waals surface area contributed by atoms with Crippen LogP contribution in [0, 0.1) is 5.92 Å². The van der Waals surface area contributed by atoms with Crippen LogP contribution in [0.3, 0.4) is 0 Å². The number of nitrogens with one attached hydrogen (secondary N) is 8. The van der Waals surface area contributed by atoms with E-state index in [9.17, 15) is 102 Å². The van der Waals surface area contributed by atoms with Gasteiger partial charge in [-0.05, 0) is 58.8 Å². The Bertz CT molecular complexity index is 2330. The van der Waals surface area contributed by atoms with Crippen molar-refractivity contribution < 1.29 is 107 Å². The molecule has 0 aromatic rings. The number of hydrogen-bond donors (Lipinski definition) is 20. The van der Waals surface area contributed by atoms with Crippen LogP contribution in [-0.2, 0) is 71.6 Å². The van der Waals surface area contributed by atoms with Gasteiger partial charge < -0.3 is 96.5 Å². The van der Waals surface area contributed by atoms with E-state index >= 15 is 0 Å². The Hall–Kier alpha value is -7.31. The van der Waals surface area contributed by atoms with Gasteiger partial charge in [0.15, 0.2) is 6.04 Å². The second-order valence-electron chi connectivity index (χ2n) is 19.4. The molecule has 0 bridgehead atoms. The van der Waals surface area contributed by atoms with E-state index in [0.717, 1.165) is 25.7 Å². The maximum atomic E-state index is 14.4. The van der Waals surface area contributed by atoms with Gasteiger partial charge in [-0.3, -0.25) is 62.3 Å². The van der Waals surface area contributed by atoms with Crippen LogP contribution >= 0.6 is 8.17 Å². The second-order valence-corrected chi connectivity index (χ2v) is 20.6. The number of amides is 13. The molecule has 0 saturated carbocycles. The van der Waals surface area contributed by atoms with Gasteiger partial charge in [-0.1, -0.05) is 20.3 Å². The highest BCUT2D eigenvalue weighted by atomic mass is 31.2. The summed E-state index contributed by atoms with van der Waals surface area (Å²) in [4.78, 5) is 212. The van der Waals surface area contributed by atoms with Crippen molar-refractivity contribution in [2.24, 2.45) is 34.6 Å². The van der Waals surface area contributed by atoms with E-state index < -0.39 is 227 Å². The topological polar surface area (TPSA) is 619 Å². The van der Waals surface area contributed by atoms with Gasteiger partial charge in [0, 0.05) is 25.8 Å². The third-order valence-electron chi connectivity index (χ3n) is 12.6.